The quantitative estimate of drug-likeness (QED) is 0.767. The summed E-state index contributed by atoms with van der Waals surface area (Å²) < 4.78 is 0. The summed E-state index contributed by atoms with van der Waals surface area (Å²) in [4.78, 5) is 1.45. The SMILES string of the molecule is CC(O)CC(C)(C)Cc1nnn(C)n1. The Morgan fingerprint density at radius 1 is 1.50 bits per heavy atom. The van der Waals surface area contributed by atoms with E-state index in [0.29, 0.717) is 0 Å². The normalized spacial score (nSPS) is 14.4. The minimum Gasteiger partial charge on any atom is -0.393 e. The van der Waals surface area contributed by atoms with Crippen molar-refractivity contribution in [1.82, 2.24) is 20.2 Å². The molecule has 0 aromatic carbocycles. The maximum Gasteiger partial charge on any atom is 0.175 e. The fourth-order valence-corrected chi connectivity index (χ4v) is 1.69. The lowest BCUT2D eigenvalue weighted by Gasteiger charge is -2.24. The molecule has 0 fully saturated rings. The van der Waals surface area contributed by atoms with Gasteiger partial charge in [0.1, 0.15) is 0 Å². The van der Waals surface area contributed by atoms with E-state index in [9.17, 15) is 5.11 Å². The molecule has 1 unspecified atom stereocenters. The van der Waals surface area contributed by atoms with Crippen LogP contribution in [0.15, 0.2) is 0 Å². The molecular formula is C9H18N4O. The Morgan fingerprint density at radius 2 is 2.14 bits per heavy atom. The molecule has 14 heavy (non-hydrogen) atoms. The second kappa shape index (κ2) is 4.04. The van der Waals surface area contributed by atoms with Gasteiger partial charge in [-0.25, -0.2) is 0 Å². The molecular weight excluding hydrogens is 180 g/mol. The largest absolute Gasteiger partial charge is 0.393 e. The van der Waals surface area contributed by atoms with Gasteiger partial charge in [0.05, 0.1) is 13.2 Å². The van der Waals surface area contributed by atoms with E-state index in [1.165, 1.54) is 4.80 Å². The van der Waals surface area contributed by atoms with Crippen molar-refractivity contribution in [2.45, 2.75) is 39.7 Å². The van der Waals surface area contributed by atoms with Gasteiger partial charge in [-0.05, 0) is 24.0 Å². The van der Waals surface area contributed by atoms with Gasteiger partial charge >= 0.3 is 0 Å². The van der Waals surface area contributed by atoms with Crippen molar-refractivity contribution in [3.8, 4) is 0 Å². The number of aliphatic hydroxyl groups excluding tert-OH is 1. The number of hydrogen-bond donors (Lipinski definition) is 1. The van der Waals surface area contributed by atoms with Gasteiger partial charge in [0, 0.05) is 6.42 Å². The van der Waals surface area contributed by atoms with Crippen molar-refractivity contribution in [3.63, 3.8) is 0 Å². The van der Waals surface area contributed by atoms with E-state index in [1.807, 2.05) is 0 Å². The molecule has 0 aliphatic heterocycles. The predicted molar refractivity (Wildman–Crippen MR) is 52.6 cm³/mol. The Morgan fingerprint density at radius 3 is 2.57 bits per heavy atom. The standard InChI is InChI=1S/C9H18N4O/c1-7(14)5-9(2,3)6-8-10-12-13(4)11-8/h7,14H,5-6H2,1-4H3. The Hall–Kier alpha value is -0.970. The molecule has 0 radical (unpaired) electrons. The van der Waals surface area contributed by atoms with Gasteiger partial charge in [-0.1, -0.05) is 13.8 Å². The smallest absolute Gasteiger partial charge is 0.175 e. The van der Waals surface area contributed by atoms with Gasteiger partial charge < -0.3 is 5.11 Å². The summed E-state index contributed by atoms with van der Waals surface area (Å²) in [6.45, 7) is 5.98. The fraction of sp³-hybridized carbons (Fsp3) is 0.889. The Labute approximate surface area is 84.1 Å². The predicted octanol–water partition coefficient (Wildman–Crippen LogP) is 0.550. The van der Waals surface area contributed by atoms with Crippen molar-refractivity contribution < 1.29 is 5.11 Å². The van der Waals surface area contributed by atoms with Crippen molar-refractivity contribution in [2.75, 3.05) is 0 Å². The number of aliphatic hydroxyl groups is 1. The van der Waals surface area contributed by atoms with Crippen LogP contribution < -0.4 is 0 Å². The summed E-state index contributed by atoms with van der Waals surface area (Å²) in [5.74, 6) is 0.734. The first kappa shape index (κ1) is 11.1. The van der Waals surface area contributed by atoms with E-state index in [4.69, 9.17) is 0 Å². The van der Waals surface area contributed by atoms with Gasteiger partial charge in [-0.3, -0.25) is 0 Å². The molecule has 1 heterocycles. The highest BCUT2D eigenvalue weighted by Crippen LogP contribution is 2.25. The molecule has 0 aliphatic carbocycles. The van der Waals surface area contributed by atoms with Crippen LogP contribution in [0.5, 0.6) is 0 Å². The molecule has 1 aromatic heterocycles. The Balaban J connectivity index is 2.58. The average molecular weight is 198 g/mol. The summed E-state index contributed by atoms with van der Waals surface area (Å²) in [6, 6.07) is 0. The average Bonchev–Trinajstić information content (AvgIpc) is 2.30. The van der Waals surface area contributed by atoms with Crippen molar-refractivity contribution in [2.24, 2.45) is 12.5 Å². The zero-order valence-electron chi connectivity index (χ0n) is 9.23. The minimum absolute atomic E-state index is 0.0111. The van der Waals surface area contributed by atoms with E-state index in [-0.39, 0.29) is 11.5 Å². The van der Waals surface area contributed by atoms with Crippen LogP contribution in [0.25, 0.3) is 0 Å². The van der Waals surface area contributed by atoms with E-state index in [1.54, 1.807) is 14.0 Å². The topological polar surface area (TPSA) is 63.8 Å². The molecule has 0 amide bonds. The molecule has 0 saturated heterocycles. The van der Waals surface area contributed by atoms with Gasteiger partial charge in [0.25, 0.3) is 0 Å². The van der Waals surface area contributed by atoms with E-state index in [2.05, 4.69) is 29.3 Å². The van der Waals surface area contributed by atoms with Crippen LogP contribution in [0.2, 0.25) is 0 Å². The molecule has 1 rings (SSSR count). The Kier molecular flexibility index (Phi) is 3.21. The minimum atomic E-state index is -0.290. The van der Waals surface area contributed by atoms with Gasteiger partial charge in [-0.2, -0.15) is 4.80 Å². The number of tetrazole rings is 1. The molecule has 0 spiro atoms. The molecule has 80 valence electrons. The van der Waals surface area contributed by atoms with Crippen LogP contribution in [0, 0.1) is 5.41 Å². The van der Waals surface area contributed by atoms with E-state index >= 15 is 0 Å². The van der Waals surface area contributed by atoms with Crippen LogP contribution in [0.1, 0.15) is 33.0 Å². The molecule has 0 bridgehead atoms. The number of aryl methyl sites for hydroxylation is 1. The number of nitrogens with zero attached hydrogens (tertiary/aromatic N) is 4. The van der Waals surface area contributed by atoms with Crippen LogP contribution in [0.3, 0.4) is 0 Å². The highest BCUT2D eigenvalue weighted by Gasteiger charge is 2.22. The van der Waals surface area contributed by atoms with Crippen LogP contribution in [0.4, 0.5) is 0 Å². The molecule has 0 saturated carbocycles. The summed E-state index contributed by atoms with van der Waals surface area (Å²) in [7, 11) is 1.75. The van der Waals surface area contributed by atoms with Gasteiger partial charge in [-0.15, -0.1) is 10.2 Å². The van der Waals surface area contributed by atoms with Crippen molar-refractivity contribution in [3.05, 3.63) is 5.82 Å². The highest BCUT2D eigenvalue weighted by atomic mass is 16.3. The first-order valence-electron chi connectivity index (χ1n) is 4.80. The van der Waals surface area contributed by atoms with Crippen LogP contribution in [-0.4, -0.2) is 31.4 Å². The maximum absolute atomic E-state index is 9.31. The number of aromatic nitrogens is 4. The fourth-order valence-electron chi connectivity index (χ4n) is 1.69. The third-order valence-electron chi connectivity index (χ3n) is 2.03. The van der Waals surface area contributed by atoms with Gasteiger partial charge in [0.15, 0.2) is 5.82 Å². The lowest BCUT2D eigenvalue weighted by molar-refractivity contribution is 0.128. The monoisotopic (exact) mass is 198 g/mol. The summed E-state index contributed by atoms with van der Waals surface area (Å²) in [6.07, 6.45) is 1.19. The van der Waals surface area contributed by atoms with E-state index in [0.717, 1.165) is 18.7 Å². The molecule has 0 aliphatic rings. The van der Waals surface area contributed by atoms with Crippen molar-refractivity contribution >= 4 is 0 Å². The maximum atomic E-state index is 9.31. The summed E-state index contributed by atoms with van der Waals surface area (Å²) in [5, 5.41) is 21.1. The van der Waals surface area contributed by atoms with E-state index < -0.39 is 0 Å². The first-order chi connectivity index (χ1) is 6.39. The zero-order chi connectivity index (χ0) is 10.8. The Bertz CT molecular complexity index is 293. The number of rotatable bonds is 4. The highest BCUT2D eigenvalue weighted by molar-refractivity contribution is 4.86. The third-order valence-corrected chi connectivity index (χ3v) is 2.03. The third kappa shape index (κ3) is 3.41. The molecule has 1 atom stereocenters. The lowest BCUT2D eigenvalue weighted by atomic mass is 9.83. The second-order valence-electron chi connectivity index (χ2n) is 4.59. The van der Waals surface area contributed by atoms with Crippen LogP contribution in [-0.2, 0) is 13.5 Å². The molecule has 5 heteroatoms. The number of hydrogen-bond acceptors (Lipinski definition) is 4. The zero-order valence-corrected chi connectivity index (χ0v) is 9.23. The summed E-state index contributed by atoms with van der Waals surface area (Å²) in [5.41, 5.74) is 0.0111. The molecule has 1 aromatic rings. The molecule has 1 N–H and O–H groups in total. The molecule has 5 nitrogen and oxygen atoms in total. The lowest BCUT2D eigenvalue weighted by Crippen LogP contribution is -2.21. The first-order valence-corrected chi connectivity index (χ1v) is 4.80. The summed E-state index contributed by atoms with van der Waals surface area (Å²) >= 11 is 0. The van der Waals surface area contributed by atoms with Crippen molar-refractivity contribution in [1.29, 1.82) is 0 Å². The second-order valence-corrected chi connectivity index (χ2v) is 4.59. The van der Waals surface area contributed by atoms with Crippen LogP contribution >= 0.6 is 0 Å². The van der Waals surface area contributed by atoms with Gasteiger partial charge in [0.2, 0.25) is 0 Å².